The molecule has 0 spiro atoms. The SMILES string of the molecule is CCCOc1ccccc1N1C(=O)[C@H]2[C@H](C1=O)C1(Br)C(C)=C(C(=O)OCC)C2(C)[C@H]2C(=O)N(c3ccccc3OCCC)C(=O)[C@@H]21. The molecule has 3 aliphatic carbocycles. The number of esters is 1. The van der Waals surface area contributed by atoms with Crippen molar-refractivity contribution in [3.63, 3.8) is 0 Å². The number of carbonyl (C=O) groups excluding carboxylic acids is 5. The van der Waals surface area contributed by atoms with Crippen LogP contribution in [0.15, 0.2) is 59.7 Å². The van der Waals surface area contributed by atoms with Gasteiger partial charge in [-0.15, -0.1) is 0 Å². The van der Waals surface area contributed by atoms with E-state index >= 15 is 0 Å². The van der Waals surface area contributed by atoms with Crippen molar-refractivity contribution in [1.82, 2.24) is 0 Å². The van der Waals surface area contributed by atoms with Crippen LogP contribution in [0.25, 0.3) is 0 Å². The monoisotopic (exact) mass is 692 g/mol. The van der Waals surface area contributed by atoms with Crippen LogP contribution in [-0.4, -0.2) is 53.7 Å². The quantitative estimate of drug-likeness (QED) is 0.189. The number of amides is 4. The van der Waals surface area contributed by atoms with Crippen molar-refractivity contribution in [3.05, 3.63) is 59.7 Å². The lowest BCUT2D eigenvalue weighted by atomic mass is 9.43. The predicted octanol–water partition coefficient (Wildman–Crippen LogP) is 5.22. The van der Waals surface area contributed by atoms with Crippen LogP contribution in [0.5, 0.6) is 11.5 Å². The summed E-state index contributed by atoms with van der Waals surface area (Å²) in [6.07, 6.45) is 1.43. The molecule has 2 heterocycles. The Labute approximate surface area is 276 Å². The maximum Gasteiger partial charge on any atom is 0.334 e. The fraction of sp³-hybridized carbons (Fsp3) is 0.457. The molecule has 2 aromatic rings. The first-order chi connectivity index (χ1) is 22.0. The van der Waals surface area contributed by atoms with Gasteiger partial charge in [-0.05, 0) is 56.5 Å². The second-order valence-corrected chi connectivity index (χ2v) is 13.7. The van der Waals surface area contributed by atoms with Gasteiger partial charge >= 0.3 is 5.97 Å². The summed E-state index contributed by atoms with van der Waals surface area (Å²) in [6.45, 7) is 9.73. The average molecular weight is 694 g/mol. The predicted molar refractivity (Wildman–Crippen MR) is 172 cm³/mol. The molecule has 1 saturated carbocycles. The van der Waals surface area contributed by atoms with Gasteiger partial charge in [-0.1, -0.05) is 61.0 Å². The Bertz CT molecular complexity index is 1590. The summed E-state index contributed by atoms with van der Waals surface area (Å²) in [4.78, 5) is 74.6. The third-order valence-electron chi connectivity index (χ3n) is 9.91. The molecule has 0 N–H and O–H groups in total. The molecule has 5 aliphatic rings. The Balaban J connectivity index is 1.55. The maximum absolute atomic E-state index is 14.7. The number of hydrogen-bond acceptors (Lipinski definition) is 8. The highest BCUT2D eigenvalue weighted by Crippen LogP contribution is 2.73. The Morgan fingerprint density at radius 1 is 0.739 bits per heavy atom. The molecular formula is C35H37BrN2O8. The molecule has 2 bridgehead atoms. The van der Waals surface area contributed by atoms with E-state index in [1.165, 1.54) is 0 Å². The minimum atomic E-state index is -1.55. The number of para-hydroxylation sites is 4. The maximum atomic E-state index is 14.7. The summed E-state index contributed by atoms with van der Waals surface area (Å²) in [7, 11) is 0. The number of anilines is 2. The largest absolute Gasteiger partial charge is 0.491 e. The molecule has 10 nitrogen and oxygen atoms in total. The molecule has 3 fully saturated rings. The lowest BCUT2D eigenvalue weighted by molar-refractivity contribution is -0.152. The Morgan fingerprint density at radius 3 is 1.57 bits per heavy atom. The van der Waals surface area contributed by atoms with Crippen molar-refractivity contribution < 1.29 is 38.2 Å². The topological polar surface area (TPSA) is 120 Å². The molecule has 4 amide bonds. The number of nitrogens with zero attached hydrogens (tertiary/aromatic N) is 2. The lowest BCUT2D eigenvalue weighted by Crippen LogP contribution is -2.67. The first kappa shape index (κ1) is 32.0. The molecule has 2 aliphatic heterocycles. The van der Waals surface area contributed by atoms with Crippen LogP contribution in [0.4, 0.5) is 11.4 Å². The number of alkyl halides is 1. The molecule has 7 rings (SSSR count). The van der Waals surface area contributed by atoms with E-state index in [0.717, 1.165) is 9.80 Å². The number of ether oxygens (including phenoxy) is 3. The van der Waals surface area contributed by atoms with Crippen molar-refractivity contribution in [3.8, 4) is 11.5 Å². The van der Waals surface area contributed by atoms with Gasteiger partial charge in [0.15, 0.2) is 0 Å². The first-order valence-electron chi connectivity index (χ1n) is 15.8. The van der Waals surface area contributed by atoms with E-state index in [2.05, 4.69) is 15.9 Å². The van der Waals surface area contributed by atoms with Crippen molar-refractivity contribution in [2.45, 2.75) is 51.8 Å². The summed E-state index contributed by atoms with van der Waals surface area (Å²) >= 11 is 3.83. The molecule has 2 saturated heterocycles. The van der Waals surface area contributed by atoms with Gasteiger partial charge in [-0.2, -0.15) is 0 Å². The zero-order chi connectivity index (χ0) is 33.1. The van der Waals surface area contributed by atoms with Crippen LogP contribution in [0.2, 0.25) is 0 Å². The van der Waals surface area contributed by atoms with E-state index in [9.17, 15) is 24.0 Å². The lowest BCUT2D eigenvalue weighted by Gasteiger charge is -2.59. The van der Waals surface area contributed by atoms with E-state index in [0.29, 0.717) is 43.1 Å². The number of rotatable bonds is 10. The highest BCUT2D eigenvalue weighted by Gasteiger charge is 2.82. The highest BCUT2D eigenvalue weighted by molar-refractivity contribution is 9.10. The van der Waals surface area contributed by atoms with Crippen LogP contribution in [0.1, 0.15) is 47.5 Å². The highest BCUT2D eigenvalue weighted by atomic mass is 79.9. The second-order valence-electron chi connectivity index (χ2n) is 12.3. The fourth-order valence-electron chi connectivity index (χ4n) is 8.16. The van der Waals surface area contributed by atoms with Crippen LogP contribution in [-0.2, 0) is 28.7 Å². The van der Waals surface area contributed by atoms with Gasteiger partial charge in [-0.25, -0.2) is 14.6 Å². The summed E-state index contributed by atoms with van der Waals surface area (Å²) in [5, 5.41) is 0. The normalized spacial score (nSPS) is 29.8. The zero-order valence-corrected chi connectivity index (χ0v) is 28.1. The Kier molecular flexibility index (Phi) is 8.11. The molecular weight excluding hydrogens is 656 g/mol. The van der Waals surface area contributed by atoms with E-state index in [-0.39, 0.29) is 23.6 Å². The smallest absolute Gasteiger partial charge is 0.334 e. The minimum Gasteiger partial charge on any atom is -0.491 e. The molecule has 242 valence electrons. The van der Waals surface area contributed by atoms with Crippen LogP contribution < -0.4 is 19.3 Å². The number of imide groups is 2. The van der Waals surface area contributed by atoms with E-state index in [1.54, 1.807) is 69.3 Å². The number of allylic oxidation sites excluding steroid dienone is 1. The van der Waals surface area contributed by atoms with Gasteiger partial charge in [0.25, 0.3) is 0 Å². The fourth-order valence-corrected chi connectivity index (χ4v) is 9.28. The van der Waals surface area contributed by atoms with E-state index < -0.39 is 63.0 Å². The summed E-state index contributed by atoms with van der Waals surface area (Å²) in [5.41, 5.74) is -0.441. The van der Waals surface area contributed by atoms with Gasteiger partial charge < -0.3 is 14.2 Å². The molecule has 4 atom stereocenters. The number of carbonyl (C=O) groups is 5. The number of halogens is 1. The summed E-state index contributed by atoms with van der Waals surface area (Å²) < 4.78 is 15.8. The van der Waals surface area contributed by atoms with Crippen LogP contribution >= 0.6 is 15.9 Å². The van der Waals surface area contributed by atoms with E-state index in [4.69, 9.17) is 14.2 Å². The minimum absolute atomic E-state index is 0.0610. The first-order valence-corrected chi connectivity index (χ1v) is 16.6. The van der Waals surface area contributed by atoms with Gasteiger partial charge in [0.1, 0.15) is 11.5 Å². The van der Waals surface area contributed by atoms with Crippen molar-refractivity contribution in [2.75, 3.05) is 29.6 Å². The van der Waals surface area contributed by atoms with Crippen LogP contribution in [0.3, 0.4) is 0 Å². The third-order valence-corrected chi connectivity index (χ3v) is 11.5. The Morgan fingerprint density at radius 2 is 1.15 bits per heavy atom. The summed E-state index contributed by atoms with van der Waals surface area (Å²) in [5.74, 6) is -6.62. The molecule has 46 heavy (non-hydrogen) atoms. The van der Waals surface area contributed by atoms with Crippen molar-refractivity contribution in [2.24, 2.45) is 29.1 Å². The van der Waals surface area contributed by atoms with Crippen molar-refractivity contribution in [1.29, 1.82) is 0 Å². The van der Waals surface area contributed by atoms with Crippen molar-refractivity contribution >= 4 is 56.9 Å². The van der Waals surface area contributed by atoms with Gasteiger partial charge in [0, 0.05) is 11.0 Å². The number of benzene rings is 2. The standard InChI is InChI=1S/C35H37BrN2O8/c1-6-17-45-22-15-11-9-13-20(22)37-29(39)25-27(31(37)41)35(36)19(4)24(33(43)44-8-3)34(25,5)26-28(35)32(42)38(30(26)40)21-14-10-12-16-23(21)46-18-7-2/h9-16,25-28H,6-8,17-18H2,1-5H3/t25-,26-,27-,28-,34?,35?/m1/s1. The summed E-state index contributed by atoms with van der Waals surface area (Å²) in [6, 6.07) is 13.6. The molecule has 2 aromatic carbocycles. The Hall–Kier alpha value is -3.99. The third kappa shape index (κ3) is 4.16. The van der Waals surface area contributed by atoms with Crippen LogP contribution in [0, 0.1) is 29.1 Å². The average Bonchev–Trinajstić information content (AvgIpc) is 3.47. The van der Waals surface area contributed by atoms with E-state index in [1.807, 2.05) is 13.8 Å². The van der Waals surface area contributed by atoms with Gasteiger partial charge in [0.2, 0.25) is 23.6 Å². The molecule has 0 aromatic heterocycles. The number of hydrogen-bond donors (Lipinski definition) is 0. The second kappa shape index (κ2) is 11.7. The molecule has 0 radical (unpaired) electrons. The van der Waals surface area contributed by atoms with Gasteiger partial charge in [0.05, 0.1) is 59.2 Å². The zero-order valence-electron chi connectivity index (χ0n) is 26.5. The molecule has 11 heteroatoms. The molecule has 0 unspecified atom stereocenters. The van der Waals surface area contributed by atoms with Gasteiger partial charge in [-0.3, -0.25) is 19.2 Å².